The second kappa shape index (κ2) is 6.41. The van der Waals surface area contributed by atoms with Gasteiger partial charge in [-0.2, -0.15) is 0 Å². The molecule has 0 bridgehead atoms. The third-order valence-corrected chi connectivity index (χ3v) is 4.81. The lowest BCUT2D eigenvalue weighted by Gasteiger charge is -2.17. The van der Waals surface area contributed by atoms with Crippen molar-refractivity contribution in [2.75, 3.05) is 7.05 Å². The van der Waals surface area contributed by atoms with Crippen LogP contribution < -0.4 is 4.72 Å². The van der Waals surface area contributed by atoms with Crippen molar-refractivity contribution in [1.29, 1.82) is 0 Å². The van der Waals surface area contributed by atoms with E-state index in [0.717, 1.165) is 11.1 Å². The maximum Gasteiger partial charge on any atom is 0.331 e. The molecule has 0 spiro atoms. The van der Waals surface area contributed by atoms with Crippen molar-refractivity contribution in [3.63, 3.8) is 0 Å². The SMILES string of the molecule is Cc1ccc(S(=O)(=O)NC(=O)N(C)Cc2c(C)noc2C)cc1. The highest BCUT2D eigenvalue weighted by atomic mass is 32.2. The summed E-state index contributed by atoms with van der Waals surface area (Å²) in [6, 6.07) is 5.54. The fraction of sp³-hybridized carbons (Fsp3) is 0.333. The molecule has 0 atom stereocenters. The molecule has 0 radical (unpaired) electrons. The molecule has 1 aromatic heterocycles. The molecule has 0 aliphatic rings. The smallest absolute Gasteiger partial charge is 0.331 e. The Bertz CT molecular complexity index is 790. The largest absolute Gasteiger partial charge is 0.361 e. The number of rotatable bonds is 4. The second-order valence-corrected chi connectivity index (χ2v) is 7.06. The van der Waals surface area contributed by atoms with Gasteiger partial charge >= 0.3 is 6.03 Å². The van der Waals surface area contributed by atoms with Crippen LogP contribution in [0.4, 0.5) is 4.79 Å². The van der Waals surface area contributed by atoms with Gasteiger partial charge in [0.05, 0.1) is 17.1 Å². The van der Waals surface area contributed by atoms with Crippen LogP contribution in [0.2, 0.25) is 0 Å². The highest BCUT2D eigenvalue weighted by molar-refractivity contribution is 7.90. The van der Waals surface area contributed by atoms with E-state index >= 15 is 0 Å². The first-order chi connectivity index (χ1) is 10.7. The van der Waals surface area contributed by atoms with Gasteiger partial charge in [-0.05, 0) is 32.9 Å². The van der Waals surface area contributed by atoms with E-state index in [4.69, 9.17) is 4.52 Å². The van der Waals surface area contributed by atoms with Gasteiger partial charge in [0, 0.05) is 12.6 Å². The number of aryl methyl sites for hydroxylation is 3. The van der Waals surface area contributed by atoms with Gasteiger partial charge in [0.1, 0.15) is 5.76 Å². The van der Waals surface area contributed by atoms with E-state index in [1.807, 2.05) is 6.92 Å². The normalized spacial score (nSPS) is 11.3. The molecular weight excluding hydrogens is 318 g/mol. The van der Waals surface area contributed by atoms with Crippen LogP contribution in [0.3, 0.4) is 0 Å². The van der Waals surface area contributed by atoms with Crippen molar-refractivity contribution in [2.24, 2.45) is 0 Å². The molecule has 0 aliphatic heterocycles. The number of hydrogen-bond acceptors (Lipinski definition) is 5. The number of amides is 2. The third kappa shape index (κ3) is 3.89. The molecule has 1 aromatic carbocycles. The van der Waals surface area contributed by atoms with Crippen LogP contribution in [0.15, 0.2) is 33.7 Å². The number of nitrogens with one attached hydrogen (secondary N) is 1. The summed E-state index contributed by atoms with van der Waals surface area (Å²) in [7, 11) is -2.39. The summed E-state index contributed by atoms with van der Waals surface area (Å²) < 4.78 is 31.5. The lowest BCUT2D eigenvalue weighted by atomic mass is 10.2. The lowest BCUT2D eigenvalue weighted by Crippen LogP contribution is -2.40. The minimum absolute atomic E-state index is 0.0437. The van der Waals surface area contributed by atoms with E-state index in [2.05, 4.69) is 9.88 Å². The van der Waals surface area contributed by atoms with Crippen LogP contribution in [-0.2, 0) is 16.6 Å². The Balaban J connectivity index is 2.10. The van der Waals surface area contributed by atoms with Crippen molar-refractivity contribution in [2.45, 2.75) is 32.2 Å². The van der Waals surface area contributed by atoms with Gasteiger partial charge in [-0.15, -0.1) is 0 Å². The average Bonchev–Trinajstić information content (AvgIpc) is 2.79. The van der Waals surface area contributed by atoms with Crippen LogP contribution in [0, 0.1) is 20.8 Å². The zero-order chi connectivity index (χ0) is 17.2. The summed E-state index contributed by atoms with van der Waals surface area (Å²) in [5, 5.41) is 3.81. The molecule has 2 amide bonds. The molecule has 7 nitrogen and oxygen atoms in total. The van der Waals surface area contributed by atoms with Gasteiger partial charge in [0.2, 0.25) is 0 Å². The van der Waals surface area contributed by atoms with E-state index in [1.54, 1.807) is 26.0 Å². The van der Waals surface area contributed by atoms with Crippen LogP contribution >= 0.6 is 0 Å². The Kier molecular flexibility index (Phi) is 4.74. The van der Waals surface area contributed by atoms with Gasteiger partial charge < -0.3 is 9.42 Å². The number of hydrogen-bond donors (Lipinski definition) is 1. The quantitative estimate of drug-likeness (QED) is 0.922. The molecule has 23 heavy (non-hydrogen) atoms. The third-order valence-electron chi connectivity index (χ3n) is 3.48. The molecule has 0 fully saturated rings. The number of aromatic nitrogens is 1. The number of carbonyl (C=O) groups excluding carboxylic acids is 1. The average molecular weight is 337 g/mol. The van der Waals surface area contributed by atoms with E-state index < -0.39 is 16.1 Å². The standard InChI is InChI=1S/C15H19N3O4S/c1-10-5-7-13(8-6-10)23(20,21)17-15(19)18(4)9-14-11(2)16-22-12(14)3/h5-8H,9H2,1-4H3,(H,17,19). The van der Waals surface area contributed by atoms with Gasteiger partial charge in [0.15, 0.2) is 0 Å². The van der Waals surface area contributed by atoms with Crippen LogP contribution in [0.1, 0.15) is 22.6 Å². The van der Waals surface area contributed by atoms with E-state index in [-0.39, 0.29) is 11.4 Å². The fourth-order valence-corrected chi connectivity index (χ4v) is 3.00. The first-order valence-electron chi connectivity index (χ1n) is 6.97. The van der Waals surface area contributed by atoms with E-state index in [0.29, 0.717) is 11.5 Å². The van der Waals surface area contributed by atoms with Gasteiger partial charge in [-0.1, -0.05) is 22.9 Å². The molecule has 124 valence electrons. The number of carbonyl (C=O) groups is 1. The first kappa shape index (κ1) is 17.0. The van der Waals surface area contributed by atoms with Gasteiger partial charge in [-0.25, -0.2) is 17.9 Å². The zero-order valence-corrected chi connectivity index (χ0v) is 14.3. The zero-order valence-electron chi connectivity index (χ0n) is 13.5. The van der Waals surface area contributed by atoms with E-state index in [1.165, 1.54) is 24.1 Å². The molecular formula is C15H19N3O4S. The number of nitrogens with zero attached hydrogens (tertiary/aromatic N) is 2. The Morgan fingerprint density at radius 2 is 1.83 bits per heavy atom. The van der Waals surface area contributed by atoms with Crippen LogP contribution in [-0.4, -0.2) is 31.6 Å². The number of urea groups is 1. The Hall–Kier alpha value is -2.35. The number of benzene rings is 1. The van der Waals surface area contributed by atoms with Gasteiger partial charge in [0.25, 0.3) is 10.0 Å². The molecule has 2 aromatic rings. The summed E-state index contributed by atoms with van der Waals surface area (Å²) in [4.78, 5) is 13.4. The topological polar surface area (TPSA) is 92.5 Å². The predicted molar refractivity (Wildman–Crippen MR) is 84.3 cm³/mol. The highest BCUT2D eigenvalue weighted by Gasteiger charge is 2.21. The maximum absolute atomic E-state index is 12.2. The second-order valence-electron chi connectivity index (χ2n) is 5.38. The van der Waals surface area contributed by atoms with Crippen molar-refractivity contribution in [3.05, 3.63) is 46.8 Å². The summed E-state index contributed by atoms with van der Waals surface area (Å²) in [5.41, 5.74) is 2.37. The lowest BCUT2D eigenvalue weighted by molar-refractivity contribution is 0.212. The number of sulfonamides is 1. The maximum atomic E-state index is 12.2. The highest BCUT2D eigenvalue weighted by Crippen LogP contribution is 2.15. The van der Waals surface area contributed by atoms with Crippen LogP contribution in [0.25, 0.3) is 0 Å². The molecule has 8 heteroatoms. The van der Waals surface area contributed by atoms with Crippen LogP contribution in [0.5, 0.6) is 0 Å². The van der Waals surface area contributed by atoms with E-state index in [9.17, 15) is 13.2 Å². The predicted octanol–water partition coefficient (Wildman–Crippen LogP) is 2.13. The van der Waals surface area contributed by atoms with Crippen molar-refractivity contribution in [3.8, 4) is 0 Å². The Morgan fingerprint density at radius 3 is 2.35 bits per heavy atom. The monoisotopic (exact) mass is 337 g/mol. The molecule has 0 unspecified atom stereocenters. The van der Waals surface area contributed by atoms with Crippen molar-refractivity contribution >= 4 is 16.1 Å². The summed E-state index contributed by atoms with van der Waals surface area (Å²) in [6.07, 6.45) is 0. The Morgan fingerprint density at radius 1 is 1.22 bits per heavy atom. The molecule has 1 N–H and O–H groups in total. The molecule has 0 saturated carbocycles. The molecule has 0 aliphatic carbocycles. The van der Waals surface area contributed by atoms with Crippen molar-refractivity contribution < 1.29 is 17.7 Å². The molecule has 1 heterocycles. The minimum atomic E-state index is -3.90. The summed E-state index contributed by atoms with van der Waals surface area (Å²) in [5.74, 6) is 0.601. The van der Waals surface area contributed by atoms with Gasteiger partial charge in [-0.3, -0.25) is 0 Å². The summed E-state index contributed by atoms with van der Waals surface area (Å²) in [6.45, 7) is 5.56. The minimum Gasteiger partial charge on any atom is -0.361 e. The Labute approximate surface area is 135 Å². The summed E-state index contributed by atoms with van der Waals surface area (Å²) >= 11 is 0. The van der Waals surface area contributed by atoms with Crippen molar-refractivity contribution in [1.82, 2.24) is 14.8 Å². The molecule has 0 saturated heterocycles. The molecule has 2 rings (SSSR count). The fourth-order valence-electron chi connectivity index (χ4n) is 2.01. The first-order valence-corrected chi connectivity index (χ1v) is 8.45.